The quantitative estimate of drug-likeness (QED) is 0.821. The van der Waals surface area contributed by atoms with Crippen molar-refractivity contribution in [1.29, 1.82) is 0 Å². The first-order chi connectivity index (χ1) is 10.0. The molecule has 1 N–H and O–H groups in total. The van der Waals surface area contributed by atoms with Crippen LogP contribution in [0, 0.1) is 5.82 Å². The molecule has 0 saturated heterocycles. The number of benzene rings is 2. The molecule has 0 aliphatic heterocycles. The zero-order chi connectivity index (χ0) is 15.2. The third-order valence-electron chi connectivity index (χ3n) is 3.09. The molecule has 0 amide bonds. The third kappa shape index (κ3) is 4.72. The van der Waals surface area contributed by atoms with E-state index in [2.05, 4.69) is 0 Å². The monoisotopic (exact) mass is 304 g/mol. The van der Waals surface area contributed by atoms with Gasteiger partial charge in [-0.2, -0.15) is 0 Å². The summed E-state index contributed by atoms with van der Waals surface area (Å²) in [6.45, 7) is 0. The topological polar surface area (TPSA) is 37.3 Å². The first kappa shape index (κ1) is 15.3. The molecule has 2 aromatic carbocycles. The Kier molecular flexibility index (Phi) is 5.12. The Morgan fingerprint density at radius 3 is 2.52 bits per heavy atom. The molecular formula is C17H14ClFO2. The Morgan fingerprint density at radius 1 is 1.19 bits per heavy atom. The Hall–Kier alpha value is -2.13. The molecule has 0 spiro atoms. The van der Waals surface area contributed by atoms with Gasteiger partial charge < -0.3 is 5.11 Å². The van der Waals surface area contributed by atoms with Gasteiger partial charge in [0, 0.05) is 11.1 Å². The second-order valence-electron chi connectivity index (χ2n) is 4.64. The second-order valence-corrected chi connectivity index (χ2v) is 5.08. The number of allylic oxidation sites excluding steroid dienone is 1. The molecule has 2 aromatic rings. The predicted molar refractivity (Wildman–Crippen MR) is 81.8 cm³/mol. The fourth-order valence-corrected chi connectivity index (χ4v) is 2.19. The summed E-state index contributed by atoms with van der Waals surface area (Å²) >= 11 is 5.83. The van der Waals surface area contributed by atoms with Gasteiger partial charge in [-0.15, -0.1) is 0 Å². The first-order valence-electron chi connectivity index (χ1n) is 6.48. The van der Waals surface area contributed by atoms with Gasteiger partial charge >= 0.3 is 5.97 Å². The lowest BCUT2D eigenvalue weighted by molar-refractivity contribution is -0.131. The molecule has 0 aromatic heterocycles. The molecule has 0 atom stereocenters. The van der Waals surface area contributed by atoms with E-state index in [0.717, 1.165) is 11.6 Å². The third-order valence-corrected chi connectivity index (χ3v) is 3.34. The fourth-order valence-electron chi connectivity index (χ4n) is 2.07. The zero-order valence-corrected chi connectivity index (χ0v) is 12.0. The number of aryl methyl sites for hydroxylation is 1. The Labute approximate surface area is 127 Å². The number of hydrogen-bond donors (Lipinski definition) is 1. The highest BCUT2D eigenvalue weighted by atomic mass is 35.5. The van der Waals surface area contributed by atoms with Crippen LogP contribution >= 0.6 is 11.6 Å². The molecule has 0 aliphatic rings. The van der Waals surface area contributed by atoms with Gasteiger partial charge in [-0.25, -0.2) is 9.18 Å². The lowest BCUT2D eigenvalue weighted by Crippen LogP contribution is -1.96. The van der Waals surface area contributed by atoms with Gasteiger partial charge in [-0.1, -0.05) is 35.9 Å². The Bertz CT molecular complexity index is 663. The van der Waals surface area contributed by atoms with Crippen LogP contribution in [0.4, 0.5) is 4.39 Å². The number of carboxylic acids is 1. The summed E-state index contributed by atoms with van der Waals surface area (Å²) in [5, 5.41) is 9.62. The predicted octanol–water partition coefficient (Wildman–Crippen LogP) is 4.58. The normalized spacial score (nSPS) is 11.4. The van der Waals surface area contributed by atoms with Crippen molar-refractivity contribution in [2.24, 2.45) is 0 Å². The van der Waals surface area contributed by atoms with Gasteiger partial charge in [0.15, 0.2) is 0 Å². The highest BCUT2D eigenvalue weighted by Gasteiger charge is 2.06. The number of hydrogen-bond acceptors (Lipinski definition) is 1. The van der Waals surface area contributed by atoms with E-state index in [9.17, 15) is 9.18 Å². The van der Waals surface area contributed by atoms with Crippen molar-refractivity contribution in [3.8, 4) is 0 Å². The molecule has 2 nitrogen and oxygen atoms in total. The summed E-state index contributed by atoms with van der Waals surface area (Å²) < 4.78 is 13.3. The van der Waals surface area contributed by atoms with E-state index >= 15 is 0 Å². The molecule has 0 aliphatic carbocycles. The minimum atomic E-state index is -1.04. The van der Waals surface area contributed by atoms with E-state index in [1.54, 1.807) is 24.3 Å². The summed E-state index contributed by atoms with van der Waals surface area (Å²) in [5.41, 5.74) is 2.23. The smallest absolute Gasteiger partial charge is 0.328 e. The van der Waals surface area contributed by atoms with Crippen LogP contribution in [0.3, 0.4) is 0 Å². The molecule has 0 heterocycles. The van der Waals surface area contributed by atoms with Crippen molar-refractivity contribution in [3.05, 3.63) is 76.6 Å². The number of rotatable bonds is 5. The molecule has 108 valence electrons. The lowest BCUT2D eigenvalue weighted by Gasteiger charge is -2.08. The van der Waals surface area contributed by atoms with E-state index in [-0.39, 0.29) is 5.82 Å². The molecule has 2 rings (SSSR count). The molecule has 0 unspecified atom stereocenters. The maximum atomic E-state index is 13.3. The number of carbonyl (C=O) groups is 1. The van der Waals surface area contributed by atoms with E-state index in [4.69, 9.17) is 16.7 Å². The maximum absolute atomic E-state index is 13.3. The van der Waals surface area contributed by atoms with E-state index in [1.807, 2.05) is 12.1 Å². The molecule has 0 radical (unpaired) electrons. The van der Waals surface area contributed by atoms with E-state index in [1.165, 1.54) is 12.1 Å². The van der Waals surface area contributed by atoms with Crippen LogP contribution < -0.4 is 0 Å². The average molecular weight is 305 g/mol. The van der Waals surface area contributed by atoms with Gasteiger partial charge in [0.2, 0.25) is 0 Å². The van der Waals surface area contributed by atoms with Gasteiger partial charge in [0.1, 0.15) is 5.82 Å². The van der Waals surface area contributed by atoms with Gasteiger partial charge in [0.05, 0.1) is 0 Å². The molecule has 0 bridgehead atoms. The van der Waals surface area contributed by atoms with Crippen LogP contribution in [0.1, 0.15) is 17.5 Å². The second kappa shape index (κ2) is 7.04. The molecular weight excluding hydrogens is 291 g/mol. The summed E-state index contributed by atoms with van der Waals surface area (Å²) in [5.74, 6) is -1.42. The summed E-state index contributed by atoms with van der Waals surface area (Å²) in [6, 6.07) is 13.3. The standard InChI is InChI=1S/C17H14ClFO2/c18-15-8-5-12(6-9-15)4-7-14(11-17(20)21)13-2-1-3-16(19)10-13/h1-3,5-6,8-11H,4,7H2,(H,20,21)/b14-11+. The van der Waals surface area contributed by atoms with Crippen LogP contribution in [0.25, 0.3) is 5.57 Å². The van der Waals surface area contributed by atoms with Crippen LogP contribution in [0.15, 0.2) is 54.6 Å². The average Bonchev–Trinajstić information content (AvgIpc) is 2.45. The zero-order valence-electron chi connectivity index (χ0n) is 11.2. The minimum absolute atomic E-state index is 0.379. The number of aliphatic carboxylic acids is 1. The van der Waals surface area contributed by atoms with Crippen LogP contribution in [0.2, 0.25) is 5.02 Å². The lowest BCUT2D eigenvalue weighted by atomic mass is 9.98. The highest BCUT2D eigenvalue weighted by molar-refractivity contribution is 6.30. The van der Waals surface area contributed by atoms with Crippen molar-refractivity contribution in [2.45, 2.75) is 12.8 Å². The van der Waals surface area contributed by atoms with Crippen molar-refractivity contribution < 1.29 is 14.3 Å². The largest absolute Gasteiger partial charge is 0.478 e. The summed E-state index contributed by atoms with van der Waals surface area (Å²) in [6.07, 6.45) is 2.30. The Morgan fingerprint density at radius 2 is 1.90 bits per heavy atom. The first-order valence-corrected chi connectivity index (χ1v) is 6.86. The fraction of sp³-hybridized carbons (Fsp3) is 0.118. The van der Waals surface area contributed by atoms with Crippen molar-refractivity contribution in [3.63, 3.8) is 0 Å². The van der Waals surface area contributed by atoms with Crippen molar-refractivity contribution >= 4 is 23.1 Å². The van der Waals surface area contributed by atoms with Gasteiger partial charge in [-0.3, -0.25) is 0 Å². The van der Waals surface area contributed by atoms with Gasteiger partial charge in [-0.05, 0) is 53.8 Å². The summed E-state index contributed by atoms with van der Waals surface area (Å²) in [4.78, 5) is 10.9. The number of carboxylic acid groups (broad SMARTS) is 1. The molecule has 4 heteroatoms. The van der Waals surface area contributed by atoms with E-state index in [0.29, 0.717) is 29.0 Å². The van der Waals surface area contributed by atoms with Crippen molar-refractivity contribution in [2.75, 3.05) is 0 Å². The summed E-state index contributed by atoms with van der Waals surface area (Å²) in [7, 11) is 0. The Balaban J connectivity index is 2.18. The van der Waals surface area contributed by atoms with Crippen molar-refractivity contribution in [1.82, 2.24) is 0 Å². The highest BCUT2D eigenvalue weighted by Crippen LogP contribution is 2.22. The van der Waals surface area contributed by atoms with E-state index < -0.39 is 5.97 Å². The maximum Gasteiger partial charge on any atom is 0.328 e. The minimum Gasteiger partial charge on any atom is -0.478 e. The molecule has 21 heavy (non-hydrogen) atoms. The SMILES string of the molecule is O=C(O)/C=C(\CCc1ccc(Cl)cc1)c1cccc(F)c1. The van der Waals surface area contributed by atoms with Gasteiger partial charge in [0.25, 0.3) is 0 Å². The van der Waals surface area contributed by atoms with Crippen LogP contribution in [0.5, 0.6) is 0 Å². The molecule has 0 fully saturated rings. The van der Waals surface area contributed by atoms with Crippen LogP contribution in [-0.4, -0.2) is 11.1 Å². The van der Waals surface area contributed by atoms with Crippen LogP contribution in [-0.2, 0) is 11.2 Å². The number of halogens is 2. The molecule has 0 saturated carbocycles.